The minimum Gasteiger partial charge on any atom is -0.480 e. The van der Waals surface area contributed by atoms with Crippen molar-refractivity contribution in [2.24, 2.45) is 0 Å². The number of H-pyrrole nitrogens is 1. The van der Waals surface area contributed by atoms with Crippen molar-refractivity contribution in [1.29, 1.82) is 0 Å². The van der Waals surface area contributed by atoms with E-state index in [9.17, 15) is 37.5 Å². The van der Waals surface area contributed by atoms with Crippen LogP contribution in [0, 0.1) is 0 Å². The number of piperazine rings is 1. The lowest BCUT2D eigenvalue weighted by atomic mass is 10.1. The molecule has 0 saturated carbocycles. The third-order valence-corrected chi connectivity index (χ3v) is 6.82. The second-order valence-electron chi connectivity index (χ2n) is 9.48. The molecule has 0 spiro atoms. The van der Waals surface area contributed by atoms with E-state index < -0.39 is 41.1 Å². The summed E-state index contributed by atoms with van der Waals surface area (Å²) in [6.45, 7) is 2.02. The van der Waals surface area contributed by atoms with Crippen LogP contribution in [0.15, 0.2) is 70.5 Å². The van der Waals surface area contributed by atoms with Crippen LogP contribution in [0.3, 0.4) is 0 Å². The Bertz CT molecular complexity index is 1700. The van der Waals surface area contributed by atoms with E-state index in [1.54, 1.807) is 4.90 Å². The predicted octanol–water partition coefficient (Wildman–Crippen LogP) is 2.54. The highest BCUT2D eigenvalue weighted by atomic mass is 19.4. The van der Waals surface area contributed by atoms with Crippen molar-refractivity contribution < 1.29 is 27.9 Å². The van der Waals surface area contributed by atoms with Gasteiger partial charge >= 0.3 is 23.3 Å². The number of nitrogens with one attached hydrogen (secondary N) is 1. The number of nitrogens with zero attached hydrogens (tertiary/aromatic N) is 4. The SMILES string of the molecule is O=C(O)Cn1c(=O)c(=O)[nH]c2cc(C(F)(F)F)c(-n3ccc(C(=O)N4CCN(Cc5ccccc5)CC4)c3)cc21. The molecule has 1 amide bonds. The first-order valence-electron chi connectivity index (χ1n) is 12.3. The van der Waals surface area contributed by atoms with Gasteiger partial charge in [-0.3, -0.25) is 28.6 Å². The molecule has 0 unspecified atom stereocenters. The number of carbonyl (C=O) groups excluding carboxylic acids is 1. The van der Waals surface area contributed by atoms with Crippen LogP contribution >= 0.6 is 0 Å². The lowest BCUT2D eigenvalue weighted by molar-refractivity contribution is -0.138. The fourth-order valence-electron chi connectivity index (χ4n) is 4.85. The van der Waals surface area contributed by atoms with Gasteiger partial charge in [-0.25, -0.2) is 0 Å². The third kappa shape index (κ3) is 5.41. The van der Waals surface area contributed by atoms with Crippen LogP contribution in [0.25, 0.3) is 16.7 Å². The van der Waals surface area contributed by atoms with Crippen molar-refractivity contribution in [3.63, 3.8) is 0 Å². The Kier molecular flexibility index (Phi) is 7.06. The molecule has 2 N–H and O–H groups in total. The van der Waals surface area contributed by atoms with Crippen molar-refractivity contribution in [2.75, 3.05) is 26.2 Å². The third-order valence-electron chi connectivity index (χ3n) is 6.82. The zero-order chi connectivity index (χ0) is 28.6. The van der Waals surface area contributed by atoms with Gasteiger partial charge in [-0.05, 0) is 23.8 Å². The van der Waals surface area contributed by atoms with Gasteiger partial charge in [0.2, 0.25) is 0 Å². The van der Waals surface area contributed by atoms with Crippen molar-refractivity contribution in [3.8, 4) is 5.69 Å². The normalized spacial score (nSPS) is 14.5. The Morgan fingerprint density at radius 3 is 2.33 bits per heavy atom. The Labute approximate surface area is 224 Å². The predicted molar refractivity (Wildman–Crippen MR) is 138 cm³/mol. The molecule has 10 nitrogen and oxygen atoms in total. The van der Waals surface area contributed by atoms with Crippen LogP contribution in [0.5, 0.6) is 0 Å². The van der Waals surface area contributed by atoms with E-state index in [2.05, 4.69) is 9.88 Å². The number of carboxylic acids is 1. The molecule has 208 valence electrons. The molecule has 0 aliphatic carbocycles. The Hall–Kier alpha value is -4.65. The van der Waals surface area contributed by atoms with E-state index in [-0.39, 0.29) is 22.5 Å². The monoisotopic (exact) mass is 555 g/mol. The second-order valence-corrected chi connectivity index (χ2v) is 9.48. The van der Waals surface area contributed by atoms with Crippen molar-refractivity contribution in [1.82, 2.24) is 23.9 Å². The molecule has 1 saturated heterocycles. The summed E-state index contributed by atoms with van der Waals surface area (Å²) >= 11 is 0. The van der Waals surface area contributed by atoms with E-state index in [0.717, 1.165) is 22.7 Å². The maximum absolute atomic E-state index is 14.1. The smallest absolute Gasteiger partial charge is 0.418 e. The molecule has 0 radical (unpaired) electrons. The summed E-state index contributed by atoms with van der Waals surface area (Å²) < 4.78 is 43.9. The van der Waals surface area contributed by atoms with Gasteiger partial charge in [-0.2, -0.15) is 13.2 Å². The molecule has 2 aromatic carbocycles. The number of aromatic nitrogens is 3. The number of halogens is 3. The molecule has 0 atom stereocenters. The van der Waals surface area contributed by atoms with Gasteiger partial charge in [0.05, 0.1) is 27.8 Å². The maximum Gasteiger partial charge on any atom is 0.418 e. The first kappa shape index (κ1) is 26.9. The van der Waals surface area contributed by atoms with Crippen LogP contribution < -0.4 is 11.1 Å². The lowest BCUT2D eigenvalue weighted by Gasteiger charge is -2.34. The molecule has 2 aromatic heterocycles. The van der Waals surface area contributed by atoms with Crippen molar-refractivity contribution in [3.05, 3.63) is 98.3 Å². The number of hydrogen-bond donors (Lipinski definition) is 2. The summed E-state index contributed by atoms with van der Waals surface area (Å²) in [5, 5.41) is 9.19. The van der Waals surface area contributed by atoms with Crippen molar-refractivity contribution >= 4 is 22.9 Å². The van der Waals surface area contributed by atoms with Crippen molar-refractivity contribution in [2.45, 2.75) is 19.3 Å². The molecule has 4 aromatic rings. The van der Waals surface area contributed by atoms with Gasteiger partial charge in [0.1, 0.15) is 6.54 Å². The molecule has 1 fully saturated rings. The Morgan fingerprint density at radius 1 is 0.975 bits per heavy atom. The Balaban J connectivity index is 1.44. The molecule has 13 heteroatoms. The highest BCUT2D eigenvalue weighted by Gasteiger charge is 2.35. The summed E-state index contributed by atoms with van der Waals surface area (Å²) in [7, 11) is 0. The summed E-state index contributed by atoms with van der Waals surface area (Å²) in [5.41, 5.74) is -3.24. The highest BCUT2D eigenvalue weighted by molar-refractivity contribution is 5.94. The number of carboxylic acid groups (broad SMARTS) is 1. The van der Waals surface area contributed by atoms with Crippen LogP contribution in [0.2, 0.25) is 0 Å². The number of benzene rings is 2. The lowest BCUT2D eigenvalue weighted by Crippen LogP contribution is -2.48. The standard InChI is InChI=1S/C27H24F3N5O5/c28-27(29,30)19-12-20-22(35(16-23(36)37)26(40)24(38)31-20)13-21(19)34-7-6-18(15-34)25(39)33-10-8-32(9-11-33)14-17-4-2-1-3-5-17/h1-7,12-13,15H,8-11,14,16H2,(H,31,38)(H,36,37). The van der Waals surface area contributed by atoms with Gasteiger partial charge < -0.3 is 19.6 Å². The molecule has 5 rings (SSSR count). The average molecular weight is 556 g/mol. The van der Waals surface area contributed by atoms with Crippen LogP contribution in [-0.4, -0.2) is 67.1 Å². The summed E-state index contributed by atoms with van der Waals surface area (Å²) in [4.78, 5) is 54.7. The second kappa shape index (κ2) is 10.5. The number of aromatic amines is 1. The summed E-state index contributed by atoms with van der Waals surface area (Å²) in [6, 6.07) is 13.0. The number of hydrogen-bond acceptors (Lipinski definition) is 5. The van der Waals surface area contributed by atoms with Gasteiger partial charge in [-0.1, -0.05) is 30.3 Å². The first-order valence-corrected chi connectivity index (χ1v) is 12.3. The minimum atomic E-state index is -4.86. The van der Waals surface area contributed by atoms with Crippen LogP contribution in [0.1, 0.15) is 21.5 Å². The maximum atomic E-state index is 14.1. The van der Waals surface area contributed by atoms with E-state index in [4.69, 9.17) is 0 Å². The molecule has 3 heterocycles. The zero-order valence-electron chi connectivity index (χ0n) is 21.0. The quantitative estimate of drug-likeness (QED) is 0.353. The van der Waals surface area contributed by atoms with E-state index in [1.165, 1.54) is 18.5 Å². The fraction of sp³-hybridized carbons (Fsp3) is 0.259. The number of fused-ring (bicyclic) bond motifs is 1. The summed E-state index contributed by atoms with van der Waals surface area (Å²) in [6.07, 6.45) is -2.31. The zero-order valence-corrected chi connectivity index (χ0v) is 21.0. The number of rotatable bonds is 6. The van der Waals surface area contributed by atoms with Gasteiger partial charge in [0.15, 0.2) is 0 Å². The Morgan fingerprint density at radius 2 is 1.68 bits per heavy atom. The number of amides is 1. The van der Waals surface area contributed by atoms with E-state index >= 15 is 0 Å². The highest BCUT2D eigenvalue weighted by Crippen LogP contribution is 2.36. The summed E-state index contributed by atoms with van der Waals surface area (Å²) in [5.74, 6) is -1.78. The number of alkyl halides is 3. The van der Waals surface area contributed by atoms with E-state index in [1.807, 2.05) is 30.3 Å². The molecule has 0 bridgehead atoms. The van der Waals surface area contributed by atoms with Crippen LogP contribution in [-0.2, 0) is 24.1 Å². The van der Waals surface area contributed by atoms with E-state index in [0.29, 0.717) is 36.8 Å². The number of carbonyl (C=O) groups is 2. The minimum absolute atomic E-state index is 0.175. The topological polar surface area (TPSA) is 121 Å². The number of aliphatic carboxylic acids is 1. The largest absolute Gasteiger partial charge is 0.480 e. The molecule has 1 aliphatic heterocycles. The average Bonchev–Trinajstić information content (AvgIpc) is 3.41. The molecular weight excluding hydrogens is 531 g/mol. The van der Waals surface area contributed by atoms with Gasteiger partial charge in [0, 0.05) is 45.1 Å². The first-order chi connectivity index (χ1) is 19.0. The molecule has 1 aliphatic rings. The fourth-order valence-corrected chi connectivity index (χ4v) is 4.85. The van der Waals surface area contributed by atoms with Gasteiger partial charge in [0.25, 0.3) is 5.91 Å². The van der Waals surface area contributed by atoms with Gasteiger partial charge in [-0.15, -0.1) is 0 Å². The van der Waals surface area contributed by atoms with Crippen LogP contribution in [0.4, 0.5) is 13.2 Å². The molecular formula is C27H24F3N5O5. The molecule has 40 heavy (non-hydrogen) atoms.